The number of rotatable bonds is 4. The summed E-state index contributed by atoms with van der Waals surface area (Å²) in [7, 11) is -3.65. The van der Waals surface area contributed by atoms with Gasteiger partial charge in [-0.25, -0.2) is 13.1 Å². The minimum Gasteiger partial charge on any atom is -0.384 e. The molecule has 0 saturated heterocycles. The summed E-state index contributed by atoms with van der Waals surface area (Å²) in [6.07, 6.45) is 0. The summed E-state index contributed by atoms with van der Waals surface area (Å²) in [6.45, 7) is -0.0919. The van der Waals surface area contributed by atoms with Crippen molar-refractivity contribution in [3.63, 3.8) is 0 Å². The number of sulfonamides is 1. The third-order valence-corrected chi connectivity index (χ3v) is 5.69. The zero-order valence-corrected chi connectivity index (χ0v) is 14.1. The highest BCUT2D eigenvalue weighted by molar-refractivity contribution is 9.10. The summed E-state index contributed by atoms with van der Waals surface area (Å²) < 4.78 is 28.2. The van der Waals surface area contributed by atoms with Gasteiger partial charge in [-0.2, -0.15) is 0 Å². The van der Waals surface area contributed by atoms with Crippen molar-refractivity contribution in [2.24, 2.45) is 0 Å². The Labute approximate surface area is 136 Å². The average molecular weight is 386 g/mol. The van der Waals surface area contributed by atoms with E-state index in [-0.39, 0.29) is 18.0 Å². The Balaban J connectivity index is 2.23. The fraction of sp³-hybridized carbons (Fsp3) is 0.143. The molecule has 0 aliphatic rings. The number of hydrogen-bond acceptors (Lipinski definition) is 4. The number of nitrogens with one attached hydrogen (secondary N) is 1. The predicted octanol–water partition coefficient (Wildman–Crippen LogP) is 2.33. The van der Waals surface area contributed by atoms with Crippen molar-refractivity contribution in [3.05, 3.63) is 50.6 Å². The lowest BCUT2D eigenvalue weighted by Crippen LogP contribution is -2.23. The second kappa shape index (κ2) is 7.20. The lowest BCUT2D eigenvalue weighted by atomic mass is 10.2. The molecule has 0 bridgehead atoms. The molecule has 21 heavy (non-hydrogen) atoms. The van der Waals surface area contributed by atoms with Crippen molar-refractivity contribution in [1.29, 1.82) is 0 Å². The van der Waals surface area contributed by atoms with Gasteiger partial charge in [-0.15, -0.1) is 11.3 Å². The first-order valence-corrected chi connectivity index (χ1v) is 9.10. The summed E-state index contributed by atoms with van der Waals surface area (Å²) in [5.74, 6) is 5.11. The molecule has 0 atom stereocenters. The van der Waals surface area contributed by atoms with Crippen LogP contribution < -0.4 is 4.72 Å². The van der Waals surface area contributed by atoms with Crippen LogP contribution in [0.25, 0.3) is 0 Å². The molecular weight excluding hydrogens is 374 g/mol. The molecule has 0 radical (unpaired) electrons. The van der Waals surface area contributed by atoms with Crippen LogP contribution in [0.1, 0.15) is 10.4 Å². The van der Waals surface area contributed by atoms with Crippen LogP contribution in [0, 0.1) is 11.8 Å². The molecule has 0 unspecified atom stereocenters. The molecule has 1 aromatic heterocycles. The Morgan fingerprint density at radius 2 is 2.10 bits per heavy atom. The molecular formula is C14H12BrNO3S2. The molecule has 1 heterocycles. The largest absolute Gasteiger partial charge is 0.384 e. The predicted molar refractivity (Wildman–Crippen MR) is 86.5 cm³/mol. The van der Waals surface area contributed by atoms with Gasteiger partial charge in [0.15, 0.2) is 0 Å². The Morgan fingerprint density at radius 1 is 1.33 bits per heavy atom. The van der Waals surface area contributed by atoms with Gasteiger partial charge in [0.2, 0.25) is 10.0 Å². The monoisotopic (exact) mass is 385 g/mol. The average Bonchev–Trinajstić information content (AvgIpc) is 2.89. The molecule has 2 aromatic rings. The molecule has 0 aliphatic carbocycles. The zero-order valence-electron chi connectivity index (χ0n) is 10.8. The molecule has 0 spiro atoms. The minimum atomic E-state index is -3.65. The zero-order chi connectivity index (χ0) is 15.3. The van der Waals surface area contributed by atoms with Crippen molar-refractivity contribution in [2.75, 3.05) is 6.61 Å². The minimum absolute atomic E-state index is 0.113. The quantitative estimate of drug-likeness (QED) is 0.793. The van der Waals surface area contributed by atoms with Gasteiger partial charge in [0, 0.05) is 26.8 Å². The highest BCUT2D eigenvalue weighted by Crippen LogP contribution is 2.20. The Kier molecular flexibility index (Phi) is 5.56. The summed E-state index contributed by atoms with van der Waals surface area (Å²) in [6, 6.07) is 8.31. The highest BCUT2D eigenvalue weighted by atomic mass is 79.9. The SMILES string of the molecule is O=S(=O)(NCc1cc(Br)cs1)c1ccccc1C#CCO. The third-order valence-electron chi connectivity index (χ3n) is 2.54. The van der Waals surface area contributed by atoms with Gasteiger partial charge < -0.3 is 5.11 Å². The number of thiophene rings is 1. The number of benzene rings is 1. The fourth-order valence-corrected chi connectivity index (χ4v) is 4.28. The number of hydrogen-bond donors (Lipinski definition) is 2. The van der Waals surface area contributed by atoms with Crippen molar-refractivity contribution in [2.45, 2.75) is 11.4 Å². The van der Waals surface area contributed by atoms with Gasteiger partial charge in [-0.3, -0.25) is 0 Å². The Bertz CT molecular complexity index is 788. The van der Waals surface area contributed by atoms with E-state index in [9.17, 15) is 8.42 Å². The summed E-state index contributed by atoms with van der Waals surface area (Å²) in [4.78, 5) is 1.02. The van der Waals surface area contributed by atoms with E-state index >= 15 is 0 Å². The summed E-state index contributed by atoms with van der Waals surface area (Å²) in [5.41, 5.74) is 0.367. The standard InChI is InChI=1S/C14H12BrNO3S2/c15-12-8-13(20-10-12)9-16-21(18,19)14-6-2-1-4-11(14)5-3-7-17/h1-2,4,6,8,10,16-17H,7,9H2. The topological polar surface area (TPSA) is 66.4 Å². The van der Waals surface area contributed by atoms with Gasteiger partial charge in [0.1, 0.15) is 6.61 Å². The summed E-state index contributed by atoms with van der Waals surface area (Å²) >= 11 is 4.80. The number of aliphatic hydroxyl groups excluding tert-OH is 1. The maximum absolute atomic E-state index is 12.3. The van der Waals surface area contributed by atoms with Crippen molar-refractivity contribution in [3.8, 4) is 11.8 Å². The van der Waals surface area contributed by atoms with Crippen LogP contribution in [-0.4, -0.2) is 20.1 Å². The van der Waals surface area contributed by atoms with Crippen molar-refractivity contribution >= 4 is 37.3 Å². The van der Waals surface area contributed by atoms with Crippen molar-refractivity contribution in [1.82, 2.24) is 4.72 Å². The van der Waals surface area contributed by atoms with Gasteiger partial charge >= 0.3 is 0 Å². The molecule has 0 saturated carbocycles. The van der Waals surface area contributed by atoms with E-state index in [1.807, 2.05) is 11.4 Å². The summed E-state index contributed by atoms with van der Waals surface area (Å²) in [5, 5.41) is 10.6. The van der Waals surface area contributed by atoms with Crippen LogP contribution >= 0.6 is 27.3 Å². The van der Waals surface area contributed by atoms with E-state index < -0.39 is 10.0 Å². The lowest BCUT2D eigenvalue weighted by molar-refractivity contribution is 0.350. The normalized spacial score (nSPS) is 11.0. The number of halogens is 1. The molecule has 7 heteroatoms. The maximum atomic E-state index is 12.3. The van der Waals surface area contributed by atoms with Gasteiger partial charge in [-0.1, -0.05) is 24.0 Å². The molecule has 2 rings (SSSR count). The second-order valence-electron chi connectivity index (χ2n) is 4.01. The molecule has 4 nitrogen and oxygen atoms in total. The molecule has 2 N–H and O–H groups in total. The van der Waals surface area contributed by atoms with Crippen LogP contribution in [0.4, 0.5) is 0 Å². The fourth-order valence-electron chi connectivity index (χ4n) is 1.63. The number of aliphatic hydroxyl groups is 1. The van der Waals surface area contributed by atoms with Gasteiger partial charge in [0.05, 0.1) is 4.90 Å². The molecule has 0 fully saturated rings. The van der Waals surface area contributed by atoms with Gasteiger partial charge in [-0.05, 0) is 34.1 Å². The van der Waals surface area contributed by atoms with Crippen LogP contribution in [0.2, 0.25) is 0 Å². The molecule has 0 aliphatic heterocycles. The Morgan fingerprint density at radius 3 is 2.76 bits per heavy atom. The van der Waals surface area contributed by atoms with E-state index in [0.29, 0.717) is 5.56 Å². The first-order chi connectivity index (χ1) is 10.0. The smallest absolute Gasteiger partial charge is 0.242 e. The first kappa shape index (κ1) is 16.2. The second-order valence-corrected chi connectivity index (χ2v) is 7.66. The van der Waals surface area contributed by atoms with E-state index in [1.165, 1.54) is 17.4 Å². The molecule has 110 valence electrons. The van der Waals surface area contributed by atoms with Crippen LogP contribution in [0.5, 0.6) is 0 Å². The van der Waals surface area contributed by atoms with Crippen LogP contribution in [-0.2, 0) is 16.6 Å². The third kappa shape index (κ3) is 4.40. The van der Waals surface area contributed by atoms with E-state index in [0.717, 1.165) is 9.35 Å². The molecule has 0 amide bonds. The maximum Gasteiger partial charge on any atom is 0.242 e. The van der Waals surface area contributed by atoms with Gasteiger partial charge in [0.25, 0.3) is 0 Å². The first-order valence-electron chi connectivity index (χ1n) is 5.94. The molecule has 1 aromatic carbocycles. The van der Waals surface area contributed by atoms with Crippen molar-refractivity contribution < 1.29 is 13.5 Å². The lowest BCUT2D eigenvalue weighted by Gasteiger charge is -2.07. The van der Waals surface area contributed by atoms with E-state index in [4.69, 9.17) is 5.11 Å². The Hall–Kier alpha value is -1.17. The van der Waals surface area contributed by atoms with Crippen LogP contribution in [0.3, 0.4) is 0 Å². The van der Waals surface area contributed by atoms with E-state index in [1.54, 1.807) is 18.2 Å². The van der Waals surface area contributed by atoms with Crippen LogP contribution in [0.15, 0.2) is 45.1 Å². The van der Waals surface area contributed by atoms with E-state index in [2.05, 4.69) is 32.5 Å². The highest BCUT2D eigenvalue weighted by Gasteiger charge is 2.17.